The maximum Gasteiger partial charge on any atom is 0.320 e. The second kappa shape index (κ2) is 8.72. The number of ether oxygens (including phenoxy) is 1. The molecule has 0 radical (unpaired) electrons. The van der Waals surface area contributed by atoms with Gasteiger partial charge in [0.15, 0.2) is 5.75 Å². The molecule has 0 bridgehead atoms. The number of phenolic OH excluding ortho intramolecular Hbond substituents is 1. The van der Waals surface area contributed by atoms with Gasteiger partial charge in [0.1, 0.15) is 0 Å². The normalized spacial score (nSPS) is 15.7. The topological polar surface area (TPSA) is 140 Å². The van der Waals surface area contributed by atoms with Gasteiger partial charge in [-0.1, -0.05) is 30.3 Å². The molecular weight excluding hydrogens is 414 g/mol. The minimum Gasteiger partial charge on any atom is -0.500 e. The number of nitro groups is 1. The predicted molar refractivity (Wildman–Crippen MR) is 116 cm³/mol. The van der Waals surface area contributed by atoms with Gasteiger partial charge in [-0.3, -0.25) is 20.1 Å². The first-order valence-electron chi connectivity index (χ1n) is 9.77. The van der Waals surface area contributed by atoms with Gasteiger partial charge >= 0.3 is 11.7 Å². The standard InChI is InChI=1S/C22H19N5O5/c1-2-32-17-11-14(10-16(21(17)28)27(30)31)20-18(15-12-23-8-9-24-15)19(25-22(29)26-20)13-6-4-3-5-7-13/h3-12,20,28H,2H2,1H3,(H2,25,26,29). The Bertz CT molecular complexity index is 1200. The highest BCUT2D eigenvalue weighted by molar-refractivity contribution is 6.02. The van der Waals surface area contributed by atoms with Crippen LogP contribution in [0.1, 0.15) is 29.8 Å². The third-order valence-corrected chi connectivity index (χ3v) is 4.88. The molecule has 3 aromatic rings. The molecule has 0 aliphatic carbocycles. The van der Waals surface area contributed by atoms with Crippen LogP contribution in [0.2, 0.25) is 0 Å². The van der Waals surface area contributed by atoms with E-state index in [1.165, 1.54) is 24.5 Å². The zero-order valence-corrected chi connectivity index (χ0v) is 17.0. The number of nitro benzene ring substituents is 1. The molecule has 2 aromatic carbocycles. The van der Waals surface area contributed by atoms with Crippen LogP contribution in [-0.2, 0) is 0 Å². The molecule has 0 saturated carbocycles. The number of aromatic nitrogens is 2. The van der Waals surface area contributed by atoms with E-state index in [0.29, 0.717) is 22.5 Å². The molecule has 1 atom stereocenters. The van der Waals surface area contributed by atoms with Crippen molar-refractivity contribution in [2.75, 3.05) is 6.61 Å². The number of aromatic hydroxyl groups is 1. The molecule has 1 aromatic heterocycles. The first-order valence-corrected chi connectivity index (χ1v) is 9.77. The van der Waals surface area contributed by atoms with E-state index < -0.39 is 28.4 Å². The fourth-order valence-corrected chi connectivity index (χ4v) is 3.55. The Morgan fingerprint density at radius 1 is 1.22 bits per heavy atom. The van der Waals surface area contributed by atoms with E-state index in [-0.39, 0.29) is 12.4 Å². The molecule has 4 rings (SSSR count). The summed E-state index contributed by atoms with van der Waals surface area (Å²) < 4.78 is 5.41. The smallest absolute Gasteiger partial charge is 0.320 e. The molecule has 162 valence electrons. The Hall–Kier alpha value is -4.47. The highest BCUT2D eigenvalue weighted by Crippen LogP contribution is 2.43. The fourth-order valence-electron chi connectivity index (χ4n) is 3.55. The fraction of sp³-hybridized carbons (Fsp3) is 0.136. The number of carbonyl (C=O) groups excluding carboxylic acids is 1. The number of phenols is 1. The van der Waals surface area contributed by atoms with Crippen molar-refractivity contribution < 1.29 is 19.6 Å². The lowest BCUT2D eigenvalue weighted by Crippen LogP contribution is -2.43. The van der Waals surface area contributed by atoms with Crippen LogP contribution in [0, 0.1) is 10.1 Å². The summed E-state index contributed by atoms with van der Waals surface area (Å²) in [6, 6.07) is 10.6. The van der Waals surface area contributed by atoms with E-state index in [4.69, 9.17) is 4.74 Å². The van der Waals surface area contributed by atoms with Crippen LogP contribution in [0.3, 0.4) is 0 Å². The number of urea groups is 1. The van der Waals surface area contributed by atoms with Crippen LogP contribution in [0.4, 0.5) is 10.5 Å². The van der Waals surface area contributed by atoms with Gasteiger partial charge in [0.05, 0.1) is 35.2 Å². The molecule has 2 amide bonds. The molecule has 2 heterocycles. The number of nitrogens with zero attached hydrogens (tertiary/aromatic N) is 3. The zero-order valence-electron chi connectivity index (χ0n) is 17.0. The average molecular weight is 433 g/mol. The number of benzene rings is 2. The van der Waals surface area contributed by atoms with Gasteiger partial charge in [0, 0.05) is 24.0 Å². The number of hydrogen-bond acceptors (Lipinski definition) is 7. The van der Waals surface area contributed by atoms with Crippen molar-refractivity contribution in [1.29, 1.82) is 0 Å². The lowest BCUT2D eigenvalue weighted by atomic mass is 9.90. The highest BCUT2D eigenvalue weighted by atomic mass is 16.6. The number of rotatable bonds is 6. The van der Waals surface area contributed by atoms with Crippen molar-refractivity contribution in [2.45, 2.75) is 13.0 Å². The second-order valence-corrected chi connectivity index (χ2v) is 6.85. The van der Waals surface area contributed by atoms with E-state index in [1.54, 1.807) is 13.1 Å². The van der Waals surface area contributed by atoms with Crippen molar-refractivity contribution in [2.24, 2.45) is 0 Å². The molecule has 0 spiro atoms. The Labute approximate surface area is 182 Å². The number of hydrogen-bond donors (Lipinski definition) is 3. The van der Waals surface area contributed by atoms with Gasteiger partial charge in [-0.2, -0.15) is 0 Å². The monoisotopic (exact) mass is 433 g/mol. The Kier molecular flexibility index (Phi) is 5.67. The Balaban J connectivity index is 1.98. The van der Waals surface area contributed by atoms with Crippen molar-refractivity contribution in [3.8, 4) is 11.5 Å². The van der Waals surface area contributed by atoms with E-state index in [0.717, 1.165) is 5.56 Å². The van der Waals surface area contributed by atoms with E-state index in [2.05, 4.69) is 20.6 Å². The molecule has 10 nitrogen and oxygen atoms in total. The zero-order chi connectivity index (χ0) is 22.7. The first-order chi connectivity index (χ1) is 15.5. The third kappa shape index (κ3) is 3.93. The Morgan fingerprint density at radius 3 is 2.66 bits per heavy atom. The Morgan fingerprint density at radius 2 is 2.00 bits per heavy atom. The van der Waals surface area contributed by atoms with Crippen molar-refractivity contribution in [3.63, 3.8) is 0 Å². The van der Waals surface area contributed by atoms with Crippen molar-refractivity contribution in [3.05, 3.63) is 88.0 Å². The molecule has 1 aliphatic heterocycles. The van der Waals surface area contributed by atoms with Crippen molar-refractivity contribution >= 4 is 23.0 Å². The van der Waals surface area contributed by atoms with Crippen LogP contribution < -0.4 is 15.4 Å². The lowest BCUT2D eigenvalue weighted by Gasteiger charge is -2.30. The van der Waals surface area contributed by atoms with Crippen molar-refractivity contribution in [1.82, 2.24) is 20.6 Å². The van der Waals surface area contributed by atoms with E-state index in [9.17, 15) is 20.0 Å². The molecule has 0 fully saturated rings. The van der Waals surface area contributed by atoms with Crippen LogP contribution in [0.25, 0.3) is 11.3 Å². The van der Waals surface area contributed by atoms with Crippen LogP contribution in [0.15, 0.2) is 61.1 Å². The van der Waals surface area contributed by atoms with Gasteiger partial charge in [-0.25, -0.2) is 4.79 Å². The maximum absolute atomic E-state index is 12.6. The molecular formula is C22H19N5O5. The summed E-state index contributed by atoms with van der Waals surface area (Å²) in [5, 5.41) is 27.5. The lowest BCUT2D eigenvalue weighted by molar-refractivity contribution is -0.386. The number of amides is 2. The second-order valence-electron chi connectivity index (χ2n) is 6.85. The number of nitrogens with one attached hydrogen (secondary N) is 2. The SMILES string of the molecule is CCOc1cc(C2NC(=O)NC(c3ccccc3)=C2c2cnccn2)cc([N+](=O)[O-])c1O. The minimum atomic E-state index is -0.825. The quantitative estimate of drug-likeness (QED) is 0.400. The maximum atomic E-state index is 12.6. The number of carbonyl (C=O) groups is 1. The molecule has 10 heteroatoms. The first kappa shape index (κ1) is 20.8. The van der Waals surface area contributed by atoms with Crippen LogP contribution in [-0.4, -0.2) is 32.6 Å². The van der Waals surface area contributed by atoms with E-state index >= 15 is 0 Å². The minimum absolute atomic E-state index is 0.0516. The predicted octanol–water partition coefficient (Wildman–Crippen LogP) is 3.41. The average Bonchev–Trinajstić information content (AvgIpc) is 2.81. The summed E-state index contributed by atoms with van der Waals surface area (Å²) >= 11 is 0. The summed E-state index contributed by atoms with van der Waals surface area (Å²) in [7, 11) is 0. The highest BCUT2D eigenvalue weighted by Gasteiger charge is 2.33. The summed E-state index contributed by atoms with van der Waals surface area (Å²) in [6.45, 7) is 1.89. The van der Waals surface area contributed by atoms with Crippen LogP contribution in [0.5, 0.6) is 11.5 Å². The summed E-state index contributed by atoms with van der Waals surface area (Å²) in [6.07, 6.45) is 4.58. The third-order valence-electron chi connectivity index (χ3n) is 4.88. The van der Waals surface area contributed by atoms with Gasteiger partial charge in [-0.15, -0.1) is 0 Å². The molecule has 0 saturated heterocycles. The van der Waals surface area contributed by atoms with Gasteiger partial charge in [0.25, 0.3) is 0 Å². The van der Waals surface area contributed by atoms with E-state index in [1.807, 2.05) is 30.3 Å². The van der Waals surface area contributed by atoms with Crippen LogP contribution >= 0.6 is 0 Å². The van der Waals surface area contributed by atoms with Gasteiger partial charge < -0.3 is 20.5 Å². The molecule has 1 aliphatic rings. The van der Waals surface area contributed by atoms with Gasteiger partial charge in [0.2, 0.25) is 5.75 Å². The molecule has 32 heavy (non-hydrogen) atoms. The van der Waals surface area contributed by atoms with Gasteiger partial charge in [-0.05, 0) is 24.1 Å². The molecule has 3 N–H and O–H groups in total. The summed E-state index contributed by atoms with van der Waals surface area (Å²) in [5.74, 6) is -0.626. The largest absolute Gasteiger partial charge is 0.500 e. The summed E-state index contributed by atoms with van der Waals surface area (Å²) in [4.78, 5) is 32.0. The summed E-state index contributed by atoms with van der Waals surface area (Å²) in [5.41, 5.74) is 2.07. The molecule has 1 unspecified atom stereocenters.